The van der Waals surface area contributed by atoms with Crippen LogP contribution in [0.3, 0.4) is 0 Å². The molecule has 0 bridgehead atoms. The maximum atomic E-state index is 13.5. The number of aryl methyl sites for hydroxylation is 1. The van der Waals surface area contributed by atoms with Crippen LogP contribution in [0.1, 0.15) is 11.1 Å². The van der Waals surface area contributed by atoms with Gasteiger partial charge in [0.25, 0.3) is 6.20 Å². The van der Waals surface area contributed by atoms with Crippen LogP contribution >= 0.6 is 11.8 Å². The third kappa shape index (κ3) is 4.91. The van der Waals surface area contributed by atoms with E-state index < -0.39 is 23.2 Å². The number of hydrogen-bond donors (Lipinski definition) is 0. The standard InChI is InChI=1S/C18H12F3N5O2S/c1-26-9-16(28-25-26)24-15(27)10-29-17-12(8-22)13(18(19,20)21)7-14(23-17)11-5-3-2-4-6-11/h2-7,9H,10H2,1H3. The molecule has 0 saturated carbocycles. The molecule has 0 aliphatic rings. The molecule has 2 heterocycles. The second kappa shape index (κ2) is 8.32. The van der Waals surface area contributed by atoms with Gasteiger partial charge in [0.05, 0.1) is 16.8 Å². The zero-order chi connectivity index (χ0) is 21.0. The third-order valence-corrected chi connectivity index (χ3v) is 4.56. The summed E-state index contributed by atoms with van der Waals surface area (Å²) in [6.07, 6.45) is -3.39. The molecule has 11 heteroatoms. The molecule has 2 aromatic heterocycles. The lowest BCUT2D eigenvalue weighted by Crippen LogP contribution is -2.27. The highest BCUT2D eigenvalue weighted by molar-refractivity contribution is 7.99. The van der Waals surface area contributed by atoms with Crippen LogP contribution < -0.4 is 9.79 Å². The smallest absolute Gasteiger partial charge is 0.417 e. The predicted molar refractivity (Wildman–Crippen MR) is 94.9 cm³/mol. The fourth-order valence-corrected chi connectivity index (χ4v) is 3.15. The molecule has 0 saturated heterocycles. The Bertz CT molecular complexity index is 1090. The number of rotatable bonds is 5. The summed E-state index contributed by atoms with van der Waals surface area (Å²) in [7, 11) is 1.57. The van der Waals surface area contributed by atoms with Crippen molar-refractivity contribution in [1.29, 1.82) is 5.26 Å². The van der Waals surface area contributed by atoms with Crippen molar-refractivity contribution in [1.82, 2.24) is 10.3 Å². The van der Waals surface area contributed by atoms with E-state index in [4.69, 9.17) is 4.52 Å². The quantitative estimate of drug-likeness (QED) is 0.273. The molecule has 29 heavy (non-hydrogen) atoms. The van der Waals surface area contributed by atoms with Crippen LogP contribution in [0.2, 0.25) is 0 Å². The van der Waals surface area contributed by atoms with Gasteiger partial charge in [-0.1, -0.05) is 46.8 Å². The van der Waals surface area contributed by atoms with Crippen LogP contribution in [0.15, 0.2) is 57.1 Å². The molecule has 0 aliphatic heterocycles. The summed E-state index contributed by atoms with van der Waals surface area (Å²) in [4.78, 5) is 7.84. The zero-order valence-corrected chi connectivity index (χ0v) is 15.7. The number of aromatic nitrogens is 3. The van der Waals surface area contributed by atoms with Crippen molar-refractivity contribution in [2.24, 2.45) is 12.0 Å². The van der Waals surface area contributed by atoms with Gasteiger partial charge in [-0.2, -0.15) is 18.4 Å². The van der Waals surface area contributed by atoms with Crippen molar-refractivity contribution in [3.8, 4) is 17.3 Å². The molecular formula is C18H12F3N5O2S. The summed E-state index contributed by atoms with van der Waals surface area (Å²) in [5.74, 6) is -1.04. The second-order valence-electron chi connectivity index (χ2n) is 5.72. The molecule has 3 rings (SSSR count). The molecule has 0 fully saturated rings. The molecule has 0 N–H and O–H groups in total. The van der Waals surface area contributed by atoms with E-state index in [0.717, 1.165) is 6.07 Å². The number of nitrogens with zero attached hydrogens (tertiary/aromatic N) is 5. The number of alkyl halides is 3. The molecule has 0 unspecified atom stereocenters. The Balaban J connectivity index is 1.98. The predicted octanol–water partition coefficient (Wildman–Crippen LogP) is 2.63. The van der Waals surface area contributed by atoms with Gasteiger partial charge in [-0.15, -0.1) is 0 Å². The van der Waals surface area contributed by atoms with E-state index in [1.165, 1.54) is 10.9 Å². The minimum Gasteiger partial charge on any atom is -0.861 e. The van der Waals surface area contributed by atoms with Gasteiger partial charge in [0.1, 0.15) is 11.1 Å². The SMILES string of the molecule is C[n+]1cc(/N=C(\[O-])CSc2nc(-c3ccccc3)cc(C(F)(F)F)c2C#N)on1. The zero-order valence-electron chi connectivity index (χ0n) is 14.8. The average molecular weight is 419 g/mol. The number of nitriles is 1. The first-order chi connectivity index (χ1) is 13.8. The van der Waals surface area contributed by atoms with Gasteiger partial charge in [0.2, 0.25) is 0 Å². The summed E-state index contributed by atoms with van der Waals surface area (Å²) in [6, 6.07) is 10.6. The summed E-state index contributed by atoms with van der Waals surface area (Å²) in [5, 5.41) is 24.6. The fourth-order valence-electron chi connectivity index (χ4n) is 2.36. The molecule has 1 aromatic carbocycles. The maximum absolute atomic E-state index is 13.5. The van der Waals surface area contributed by atoms with Gasteiger partial charge in [0, 0.05) is 11.3 Å². The molecule has 0 amide bonds. The van der Waals surface area contributed by atoms with Gasteiger partial charge >= 0.3 is 12.1 Å². The van der Waals surface area contributed by atoms with Crippen molar-refractivity contribution >= 4 is 23.5 Å². The van der Waals surface area contributed by atoms with E-state index in [0.29, 0.717) is 17.3 Å². The van der Waals surface area contributed by atoms with E-state index >= 15 is 0 Å². The summed E-state index contributed by atoms with van der Waals surface area (Å²) in [5.41, 5.74) is -1.25. The summed E-state index contributed by atoms with van der Waals surface area (Å²) in [6.45, 7) is 0. The molecule has 0 atom stereocenters. The van der Waals surface area contributed by atoms with Gasteiger partial charge in [-0.3, -0.25) is 4.52 Å². The van der Waals surface area contributed by atoms with Gasteiger partial charge in [0.15, 0.2) is 12.3 Å². The fraction of sp³-hybridized carbons (Fsp3) is 0.167. The Labute approximate surface area is 167 Å². The Morgan fingerprint density at radius 2 is 2.07 bits per heavy atom. The Hall–Kier alpha value is -3.39. The van der Waals surface area contributed by atoms with Crippen LogP contribution in [0.4, 0.5) is 19.1 Å². The molecule has 7 nitrogen and oxygen atoms in total. The number of halogens is 3. The van der Waals surface area contributed by atoms with Crippen LogP contribution in [-0.4, -0.2) is 21.9 Å². The monoisotopic (exact) mass is 419 g/mol. The molecule has 3 aromatic rings. The van der Waals surface area contributed by atoms with Crippen LogP contribution in [0.25, 0.3) is 11.3 Å². The molecule has 0 radical (unpaired) electrons. The lowest BCUT2D eigenvalue weighted by Gasteiger charge is -2.15. The van der Waals surface area contributed by atoms with Crippen LogP contribution in [0.5, 0.6) is 0 Å². The number of hydrogen-bond acceptors (Lipinski definition) is 7. The lowest BCUT2D eigenvalue weighted by atomic mass is 10.1. The van der Waals surface area contributed by atoms with E-state index in [-0.39, 0.29) is 22.4 Å². The first-order valence-electron chi connectivity index (χ1n) is 8.05. The largest absolute Gasteiger partial charge is 0.861 e. The highest BCUT2D eigenvalue weighted by Crippen LogP contribution is 2.37. The van der Waals surface area contributed by atoms with Crippen molar-refractivity contribution in [2.75, 3.05) is 5.75 Å². The van der Waals surface area contributed by atoms with E-state index in [1.807, 2.05) is 0 Å². The van der Waals surface area contributed by atoms with E-state index in [1.54, 1.807) is 43.4 Å². The second-order valence-corrected chi connectivity index (χ2v) is 6.68. The average Bonchev–Trinajstić information content (AvgIpc) is 3.10. The van der Waals surface area contributed by atoms with Crippen molar-refractivity contribution in [3.05, 3.63) is 53.7 Å². The van der Waals surface area contributed by atoms with E-state index in [2.05, 4.69) is 15.2 Å². The van der Waals surface area contributed by atoms with Gasteiger partial charge in [-0.25, -0.2) is 9.98 Å². The number of benzene rings is 1. The molecule has 0 spiro atoms. The summed E-state index contributed by atoms with van der Waals surface area (Å²) >= 11 is 0.699. The third-order valence-electron chi connectivity index (χ3n) is 3.60. The Morgan fingerprint density at radius 1 is 1.34 bits per heavy atom. The Kier molecular flexibility index (Phi) is 5.84. The molecule has 148 valence electrons. The highest BCUT2D eigenvalue weighted by Gasteiger charge is 2.36. The van der Waals surface area contributed by atoms with Gasteiger partial charge in [-0.05, 0) is 12.0 Å². The topological polar surface area (TPSA) is 102 Å². The van der Waals surface area contributed by atoms with Gasteiger partial charge < -0.3 is 5.11 Å². The van der Waals surface area contributed by atoms with Crippen LogP contribution in [0, 0.1) is 11.3 Å². The van der Waals surface area contributed by atoms with Crippen molar-refractivity contribution in [3.63, 3.8) is 0 Å². The normalized spacial score (nSPS) is 12.0. The Morgan fingerprint density at radius 3 is 2.66 bits per heavy atom. The van der Waals surface area contributed by atoms with Crippen molar-refractivity contribution < 1.29 is 27.5 Å². The minimum absolute atomic E-state index is 0.0411. The number of thioether (sulfide) groups is 1. The lowest BCUT2D eigenvalue weighted by molar-refractivity contribution is -0.739. The minimum atomic E-state index is -4.75. The van der Waals surface area contributed by atoms with Crippen LogP contribution in [-0.2, 0) is 13.2 Å². The maximum Gasteiger partial charge on any atom is 0.417 e. The first-order valence-corrected chi connectivity index (χ1v) is 9.04. The number of pyridine rings is 1. The van der Waals surface area contributed by atoms with Crippen molar-refractivity contribution in [2.45, 2.75) is 11.2 Å². The molecular weight excluding hydrogens is 407 g/mol. The number of aliphatic imine (C=N–C) groups is 1. The van der Waals surface area contributed by atoms with E-state index in [9.17, 15) is 23.5 Å². The molecule has 0 aliphatic carbocycles. The highest BCUT2D eigenvalue weighted by atomic mass is 32.2. The first kappa shape index (κ1) is 20.3. The summed E-state index contributed by atoms with van der Waals surface area (Å²) < 4.78 is 46.6.